The Morgan fingerprint density at radius 1 is 1.11 bits per heavy atom. The predicted octanol–water partition coefficient (Wildman–Crippen LogP) is 0.860. The van der Waals surface area contributed by atoms with Gasteiger partial charge in [-0.1, -0.05) is 18.2 Å². The van der Waals surface area contributed by atoms with Crippen molar-refractivity contribution in [2.75, 3.05) is 13.1 Å². The van der Waals surface area contributed by atoms with Crippen LogP contribution in [0.4, 0.5) is 0 Å². The summed E-state index contributed by atoms with van der Waals surface area (Å²) in [4.78, 5) is 15.5. The van der Waals surface area contributed by atoms with E-state index in [0.717, 1.165) is 19.3 Å². The van der Waals surface area contributed by atoms with Gasteiger partial charge in [0.25, 0.3) is 5.91 Å². The Kier molecular flexibility index (Phi) is 6.32. The third-order valence-electron chi connectivity index (χ3n) is 2.45. The Morgan fingerprint density at radius 2 is 1.83 bits per heavy atom. The SMILES string of the molecule is NC(N)=NCCCCCNC(=O)c1ccccc1. The third kappa shape index (κ3) is 5.89. The normalized spacial score (nSPS) is 9.78. The predicted molar refractivity (Wildman–Crippen MR) is 73.3 cm³/mol. The third-order valence-corrected chi connectivity index (χ3v) is 2.45. The molecule has 0 saturated heterocycles. The topological polar surface area (TPSA) is 93.5 Å². The molecule has 0 atom stereocenters. The van der Waals surface area contributed by atoms with Crippen molar-refractivity contribution < 1.29 is 4.79 Å². The fourth-order valence-electron chi connectivity index (χ4n) is 1.52. The molecule has 0 aliphatic carbocycles. The molecule has 0 unspecified atom stereocenters. The van der Waals surface area contributed by atoms with Crippen molar-refractivity contribution in [2.45, 2.75) is 19.3 Å². The first-order valence-electron chi connectivity index (χ1n) is 6.09. The molecule has 18 heavy (non-hydrogen) atoms. The van der Waals surface area contributed by atoms with E-state index in [2.05, 4.69) is 10.3 Å². The maximum absolute atomic E-state index is 11.7. The molecule has 5 heteroatoms. The molecular formula is C13H20N4O. The zero-order valence-corrected chi connectivity index (χ0v) is 10.4. The molecular weight excluding hydrogens is 228 g/mol. The molecule has 1 aromatic carbocycles. The van der Waals surface area contributed by atoms with Gasteiger partial charge in [0, 0.05) is 18.7 Å². The van der Waals surface area contributed by atoms with Crippen LogP contribution in [0.15, 0.2) is 35.3 Å². The molecule has 1 aromatic rings. The minimum Gasteiger partial charge on any atom is -0.370 e. The van der Waals surface area contributed by atoms with Gasteiger partial charge in [0.05, 0.1) is 0 Å². The van der Waals surface area contributed by atoms with Crippen LogP contribution in [-0.2, 0) is 0 Å². The molecule has 98 valence electrons. The van der Waals surface area contributed by atoms with Gasteiger partial charge in [0.1, 0.15) is 0 Å². The second-order valence-electron chi connectivity index (χ2n) is 3.99. The molecule has 5 nitrogen and oxygen atoms in total. The molecule has 0 bridgehead atoms. The first-order chi connectivity index (χ1) is 8.70. The van der Waals surface area contributed by atoms with Gasteiger partial charge in [0.2, 0.25) is 0 Å². The van der Waals surface area contributed by atoms with E-state index in [1.165, 1.54) is 0 Å². The summed E-state index contributed by atoms with van der Waals surface area (Å²) in [7, 11) is 0. The summed E-state index contributed by atoms with van der Waals surface area (Å²) in [5, 5.41) is 2.87. The zero-order valence-electron chi connectivity index (χ0n) is 10.4. The fourth-order valence-corrected chi connectivity index (χ4v) is 1.52. The van der Waals surface area contributed by atoms with Crippen LogP contribution in [0, 0.1) is 0 Å². The number of amides is 1. The minimum atomic E-state index is -0.0279. The van der Waals surface area contributed by atoms with Crippen molar-refractivity contribution in [3.8, 4) is 0 Å². The van der Waals surface area contributed by atoms with E-state index in [1.54, 1.807) is 12.1 Å². The number of nitrogens with one attached hydrogen (secondary N) is 1. The number of hydrogen-bond acceptors (Lipinski definition) is 2. The van der Waals surface area contributed by atoms with Crippen LogP contribution < -0.4 is 16.8 Å². The Hall–Kier alpha value is -2.04. The van der Waals surface area contributed by atoms with Gasteiger partial charge < -0.3 is 16.8 Å². The van der Waals surface area contributed by atoms with Gasteiger partial charge in [-0.05, 0) is 31.4 Å². The van der Waals surface area contributed by atoms with Crippen LogP contribution in [0.1, 0.15) is 29.6 Å². The molecule has 0 aromatic heterocycles. The monoisotopic (exact) mass is 248 g/mol. The number of rotatable bonds is 7. The highest BCUT2D eigenvalue weighted by molar-refractivity contribution is 5.94. The number of unbranched alkanes of at least 4 members (excludes halogenated alkanes) is 2. The summed E-state index contributed by atoms with van der Waals surface area (Å²) >= 11 is 0. The molecule has 5 N–H and O–H groups in total. The van der Waals surface area contributed by atoms with Crippen LogP contribution in [0.25, 0.3) is 0 Å². The van der Waals surface area contributed by atoms with E-state index in [-0.39, 0.29) is 11.9 Å². The lowest BCUT2D eigenvalue weighted by Crippen LogP contribution is -2.24. The molecule has 0 saturated carbocycles. The Labute approximate surface area is 107 Å². The van der Waals surface area contributed by atoms with Crippen molar-refractivity contribution >= 4 is 11.9 Å². The smallest absolute Gasteiger partial charge is 0.251 e. The maximum Gasteiger partial charge on any atom is 0.251 e. The molecule has 0 aliphatic heterocycles. The van der Waals surface area contributed by atoms with E-state index < -0.39 is 0 Å². The number of hydrogen-bond donors (Lipinski definition) is 3. The molecule has 0 fully saturated rings. The van der Waals surface area contributed by atoms with Gasteiger partial charge in [-0.2, -0.15) is 0 Å². The number of nitrogens with two attached hydrogens (primary N) is 2. The maximum atomic E-state index is 11.7. The van der Waals surface area contributed by atoms with Crippen molar-refractivity contribution in [2.24, 2.45) is 16.5 Å². The highest BCUT2D eigenvalue weighted by Gasteiger charge is 2.02. The fraction of sp³-hybridized carbons (Fsp3) is 0.385. The lowest BCUT2D eigenvalue weighted by molar-refractivity contribution is 0.0953. The highest BCUT2D eigenvalue weighted by Crippen LogP contribution is 1.99. The van der Waals surface area contributed by atoms with E-state index in [4.69, 9.17) is 11.5 Å². The number of carbonyl (C=O) groups excluding carboxylic acids is 1. The summed E-state index contributed by atoms with van der Waals surface area (Å²) in [5.74, 6) is 0.104. The largest absolute Gasteiger partial charge is 0.370 e. The summed E-state index contributed by atoms with van der Waals surface area (Å²) < 4.78 is 0. The number of carbonyl (C=O) groups is 1. The highest BCUT2D eigenvalue weighted by atomic mass is 16.1. The first-order valence-corrected chi connectivity index (χ1v) is 6.09. The molecule has 0 aliphatic rings. The Balaban J connectivity index is 2.08. The lowest BCUT2D eigenvalue weighted by atomic mass is 10.2. The molecule has 1 amide bonds. The van der Waals surface area contributed by atoms with Gasteiger partial charge in [0.15, 0.2) is 5.96 Å². The quantitative estimate of drug-likeness (QED) is 0.379. The lowest BCUT2D eigenvalue weighted by Gasteiger charge is -2.04. The van der Waals surface area contributed by atoms with Gasteiger partial charge in [-0.15, -0.1) is 0 Å². The molecule has 0 spiro atoms. The second-order valence-corrected chi connectivity index (χ2v) is 3.99. The molecule has 1 rings (SSSR count). The number of benzene rings is 1. The van der Waals surface area contributed by atoms with E-state index in [1.807, 2.05) is 18.2 Å². The van der Waals surface area contributed by atoms with Crippen LogP contribution in [0.3, 0.4) is 0 Å². The van der Waals surface area contributed by atoms with E-state index >= 15 is 0 Å². The molecule has 0 radical (unpaired) electrons. The van der Waals surface area contributed by atoms with Crippen molar-refractivity contribution in [1.29, 1.82) is 0 Å². The summed E-state index contributed by atoms with van der Waals surface area (Å²) in [6, 6.07) is 9.19. The second kappa shape index (κ2) is 8.11. The van der Waals surface area contributed by atoms with Gasteiger partial charge in [-0.25, -0.2) is 0 Å². The summed E-state index contributed by atoms with van der Waals surface area (Å²) in [6.45, 7) is 1.32. The zero-order chi connectivity index (χ0) is 13.2. The standard InChI is InChI=1S/C13H20N4O/c14-13(15)17-10-6-2-5-9-16-12(18)11-7-3-1-4-8-11/h1,3-4,7-8H,2,5-6,9-10H2,(H,16,18)(H4,14,15,17). The average Bonchev–Trinajstić information content (AvgIpc) is 2.38. The van der Waals surface area contributed by atoms with Gasteiger partial charge >= 0.3 is 0 Å². The Morgan fingerprint density at radius 3 is 2.50 bits per heavy atom. The number of aliphatic imine (C=N–C) groups is 1. The van der Waals surface area contributed by atoms with E-state index in [9.17, 15) is 4.79 Å². The van der Waals surface area contributed by atoms with Crippen LogP contribution in [0.5, 0.6) is 0 Å². The van der Waals surface area contributed by atoms with Gasteiger partial charge in [-0.3, -0.25) is 9.79 Å². The van der Waals surface area contributed by atoms with Crippen molar-refractivity contribution in [1.82, 2.24) is 5.32 Å². The average molecular weight is 248 g/mol. The summed E-state index contributed by atoms with van der Waals surface area (Å²) in [5.41, 5.74) is 11.1. The van der Waals surface area contributed by atoms with Crippen molar-refractivity contribution in [3.05, 3.63) is 35.9 Å². The van der Waals surface area contributed by atoms with Crippen LogP contribution >= 0.6 is 0 Å². The van der Waals surface area contributed by atoms with Crippen molar-refractivity contribution in [3.63, 3.8) is 0 Å². The minimum absolute atomic E-state index is 0.0279. The number of nitrogens with zero attached hydrogens (tertiary/aromatic N) is 1. The van der Waals surface area contributed by atoms with E-state index in [0.29, 0.717) is 18.7 Å². The van der Waals surface area contributed by atoms with Crippen LogP contribution in [-0.4, -0.2) is 25.0 Å². The Bertz CT molecular complexity index is 385. The first kappa shape index (κ1) is 14.0. The molecule has 0 heterocycles. The summed E-state index contributed by atoms with van der Waals surface area (Å²) in [6.07, 6.45) is 2.85. The number of guanidine groups is 1. The van der Waals surface area contributed by atoms with Crippen LogP contribution in [0.2, 0.25) is 0 Å².